The minimum absolute atomic E-state index is 0.112. The summed E-state index contributed by atoms with van der Waals surface area (Å²) in [6.07, 6.45) is 4.98. The maximum Gasteiger partial charge on any atom is 0.243 e. The van der Waals surface area contributed by atoms with E-state index >= 15 is 0 Å². The molecule has 1 spiro atoms. The zero-order chi connectivity index (χ0) is 18.0. The van der Waals surface area contributed by atoms with E-state index in [1.807, 2.05) is 24.3 Å². The quantitative estimate of drug-likeness (QED) is 0.719. The molecule has 3 aromatic rings. The average Bonchev–Trinajstić information content (AvgIpc) is 3.38. The van der Waals surface area contributed by atoms with Crippen molar-refractivity contribution in [1.82, 2.24) is 9.97 Å². The van der Waals surface area contributed by atoms with Crippen LogP contribution in [0.15, 0.2) is 49.1 Å². The van der Waals surface area contributed by atoms with Gasteiger partial charge in [-0.15, -0.1) is 0 Å². The SMILES string of the molecule is O=C1Nc2cccc(-c3cncnc3)c2C12COc1cc3c(cc12)OCO3. The number of benzene rings is 2. The van der Waals surface area contributed by atoms with Gasteiger partial charge in [0.2, 0.25) is 12.7 Å². The van der Waals surface area contributed by atoms with Crippen LogP contribution in [0.25, 0.3) is 11.1 Å². The molecule has 7 heteroatoms. The number of aromatic nitrogens is 2. The summed E-state index contributed by atoms with van der Waals surface area (Å²) in [5.74, 6) is 1.79. The summed E-state index contributed by atoms with van der Waals surface area (Å²) in [6, 6.07) is 9.45. The lowest BCUT2D eigenvalue weighted by atomic mass is 9.74. The number of rotatable bonds is 1. The highest BCUT2D eigenvalue weighted by Crippen LogP contribution is 2.55. The summed E-state index contributed by atoms with van der Waals surface area (Å²) < 4.78 is 16.9. The van der Waals surface area contributed by atoms with Crippen molar-refractivity contribution in [2.45, 2.75) is 5.41 Å². The number of amides is 1. The van der Waals surface area contributed by atoms with Gasteiger partial charge in [0.1, 0.15) is 24.1 Å². The number of hydrogen-bond acceptors (Lipinski definition) is 6. The van der Waals surface area contributed by atoms with E-state index in [9.17, 15) is 4.79 Å². The second-order valence-corrected chi connectivity index (χ2v) is 6.71. The van der Waals surface area contributed by atoms with Crippen LogP contribution in [0.1, 0.15) is 11.1 Å². The molecule has 1 N–H and O–H groups in total. The highest BCUT2D eigenvalue weighted by atomic mass is 16.7. The van der Waals surface area contributed by atoms with Gasteiger partial charge in [-0.3, -0.25) is 4.79 Å². The number of hydrogen-bond donors (Lipinski definition) is 1. The maximum atomic E-state index is 13.2. The summed E-state index contributed by atoms with van der Waals surface area (Å²) >= 11 is 0. The van der Waals surface area contributed by atoms with E-state index in [0.717, 1.165) is 27.9 Å². The molecule has 27 heavy (non-hydrogen) atoms. The molecule has 1 amide bonds. The minimum atomic E-state index is -0.946. The first-order chi connectivity index (χ1) is 13.3. The molecule has 0 fully saturated rings. The summed E-state index contributed by atoms with van der Waals surface area (Å²) in [5, 5.41) is 3.02. The second kappa shape index (κ2) is 4.97. The zero-order valence-electron chi connectivity index (χ0n) is 14.1. The lowest BCUT2D eigenvalue weighted by Crippen LogP contribution is -2.37. The second-order valence-electron chi connectivity index (χ2n) is 6.71. The van der Waals surface area contributed by atoms with Gasteiger partial charge in [-0.05, 0) is 17.7 Å². The van der Waals surface area contributed by atoms with Gasteiger partial charge in [-0.2, -0.15) is 0 Å². The number of carbonyl (C=O) groups excluding carboxylic acids is 1. The Kier molecular flexibility index (Phi) is 2.68. The molecule has 3 aliphatic rings. The lowest BCUT2D eigenvalue weighted by molar-refractivity contribution is -0.119. The normalized spacial score (nSPS) is 21.0. The fourth-order valence-electron chi connectivity index (χ4n) is 4.17. The Hall–Kier alpha value is -3.61. The number of fused-ring (bicyclic) bond motifs is 5. The lowest BCUT2D eigenvalue weighted by Gasteiger charge is -2.23. The fourth-order valence-corrected chi connectivity index (χ4v) is 4.17. The third-order valence-electron chi connectivity index (χ3n) is 5.38. The van der Waals surface area contributed by atoms with Crippen molar-refractivity contribution in [3.8, 4) is 28.4 Å². The third kappa shape index (κ3) is 1.78. The number of carbonyl (C=O) groups is 1. The predicted molar refractivity (Wildman–Crippen MR) is 94.9 cm³/mol. The monoisotopic (exact) mass is 359 g/mol. The molecule has 1 aromatic heterocycles. The molecular formula is C20H13N3O4. The highest BCUT2D eigenvalue weighted by molar-refractivity contribution is 6.12. The predicted octanol–water partition coefficient (Wildman–Crippen LogP) is 2.50. The van der Waals surface area contributed by atoms with Gasteiger partial charge in [0, 0.05) is 40.8 Å². The third-order valence-corrected chi connectivity index (χ3v) is 5.38. The van der Waals surface area contributed by atoms with Crippen molar-refractivity contribution in [3.05, 3.63) is 60.2 Å². The number of anilines is 1. The zero-order valence-corrected chi connectivity index (χ0v) is 14.1. The first-order valence-electron chi connectivity index (χ1n) is 8.54. The van der Waals surface area contributed by atoms with Gasteiger partial charge >= 0.3 is 0 Å². The van der Waals surface area contributed by atoms with Crippen LogP contribution in [-0.2, 0) is 10.2 Å². The summed E-state index contributed by atoms with van der Waals surface area (Å²) in [6.45, 7) is 0.384. The van der Waals surface area contributed by atoms with Crippen molar-refractivity contribution < 1.29 is 19.0 Å². The smallest absolute Gasteiger partial charge is 0.243 e. The molecule has 6 rings (SSSR count). The van der Waals surface area contributed by atoms with E-state index in [1.165, 1.54) is 6.33 Å². The van der Waals surface area contributed by atoms with Gasteiger partial charge in [-0.25, -0.2) is 9.97 Å². The summed E-state index contributed by atoms with van der Waals surface area (Å²) in [7, 11) is 0. The van der Waals surface area contributed by atoms with Crippen molar-refractivity contribution in [3.63, 3.8) is 0 Å². The van der Waals surface area contributed by atoms with Gasteiger partial charge in [0.15, 0.2) is 11.5 Å². The van der Waals surface area contributed by atoms with E-state index in [1.54, 1.807) is 18.5 Å². The van der Waals surface area contributed by atoms with Crippen LogP contribution >= 0.6 is 0 Å². The molecular weight excluding hydrogens is 346 g/mol. The molecule has 0 saturated carbocycles. The first kappa shape index (κ1) is 14.5. The van der Waals surface area contributed by atoms with E-state index < -0.39 is 5.41 Å². The van der Waals surface area contributed by atoms with Crippen molar-refractivity contribution >= 4 is 11.6 Å². The standard InChI is InChI=1S/C20H13N3O4/c24-19-20(8-25-15-5-17-16(4-13(15)20)26-10-27-17)18-12(2-1-3-14(18)23-19)11-6-21-9-22-7-11/h1-7,9H,8,10H2,(H,23,24). The molecule has 132 valence electrons. The van der Waals surface area contributed by atoms with E-state index in [2.05, 4.69) is 15.3 Å². The Bertz CT molecular complexity index is 1120. The van der Waals surface area contributed by atoms with Crippen molar-refractivity contribution in [1.29, 1.82) is 0 Å². The first-order valence-corrected chi connectivity index (χ1v) is 8.54. The topological polar surface area (TPSA) is 82.6 Å². The molecule has 0 bridgehead atoms. The Labute approximate surface area is 153 Å². The van der Waals surface area contributed by atoms with Gasteiger partial charge in [0.25, 0.3) is 0 Å². The van der Waals surface area contributed by atoms with Crippen molar-refractivity contribution in [2.75, 3.05) is 18.7 Å². The molecule has 0 radical (unpaired) electrons. The van der Waals surface area contributed by atoms with Crippen LogP contribution in [0.4, 0.5) is 5.69 Å². The van der Waals surface area contributed by atoms with Crippen LogP contribution < -0.4 is 19.5 Å². The highest BCUT2D eigenvalue weighted by Gasteiger charge is 2.55. The van der Waals surface area contributed by atoms with E-state index in [0.29, 0.717) is 17.2 Å². The van der Waals surface area contributed by atoms with Crippen LogP contribution in [0.3, 0.4) is 0 Å². The molecule has 1 atom stereocenters. The molecule has 2 aromatic carbocycles. The van der Waals surface area contributed by atoms with Gasteiger partial charge in [0.05, 0.1) is 0 Å². The molecule has 3 aliphatic heterocycles. The molecule has 0 saturated heterocycles. The largest absolute Gasteiger partial charge is 0.491 e. The summed E-state index contributed by atoms with van der Waals surface area (Å²) in [4.78, 5) is 21.5. The number of nitrogens with zero attached hydrogens (tertiary/aromatic N) is 2. The van der Waals surface area contributed by atoms with Crippen LogP contribution in [-0.4, -0.2) is 29.3 Å². The van der Waals surface area contributed by atoms with Gasteiger partial charge < -0.3 is 19.5 Å². The maximum absolute atomic E-state index is 13.2. The average molecular weight is 359 g/mol. The van der Waals surface area contributed by atoms with E-state index in [-0.39, 0.29) is 19.3 Å². The Morgan fingerprint density at radius 1 is 1.00 bits per heavy atom. The minimum Gasteiger partial charge on any atom is -0.491 e. The Balaban J connectivity index is 1.64. The number of ether oxygens (including phenoxy) is 3. The van der Waals surface area contributed by atoms with Gasteiger partial charge in [-0.1, -0.05) is 12.1 Å². The summed E-state index contributed by atoms with van der Waals surface area (Å²) in [5.41, 5.74) is 3.24. The molecule has 4 heterocycles. The van der Waals surface area contributed by atoms with Crippen LogP contribution in [0.2, 0.25) is 0 Å². The van der Waals surface area contributed by atoms with E-state index in [4.69, 9.17) is 14.2 Å². The number of nitrogens with one attached hydrogen (secondary N) is 1. The molecule has 0 aliphatic carbocycles. The fraction of sp³-hybridized carbons (Fsp3) is 0.150. The van der Waals surface area contributed by atoms with Crippen LogP contribution in [0.5, 0.6) is 17.2 Å². The Morgan fingerprint density at radius 2 is 1.81 bits per heavy atom. The molecule has 7 nitrogen and oxygen atoms in total. The van der Waals surface area contributed by atoms with Crippen molar-refractivity contribution in [2.24, 2.45) is 0 Å². The Morgan fingerprint density at radius 3 is 2.67 bits per heavy atom. The molecule has 1 unspecified atom stereocenters. The van der Waals surface area contributed by atoms with Crippen LogP contribution in [0, 0.1) is 0 Å².